The van der Waals surface area contributed by atoms with E-state index in [4.69, 9.17) is 0 Å². The highest BCUT2D eigenvalue weighted by Gasteiger charge is 2.17. The van der Waals surface area contributed by atoms with E-state index in [1.807, 2.05) is 0 Å². The van der Waals surface area contributed by atoms with Gasteiger partial charge in [-0.2, -0.15) is 0 Å². The third-order valence-corrected chi connectivity index (χ3v) is 1.58. The third kappa shape index (κ3) is 5.64. The summed E-state index contributed by atoms with van der Waals surface area (Å²) in [6, 6.07) is 0. The second kappa shape index (κ2) is 6.44. The van der Waals surface area contributed by atoms with Crippen LogP contribution in [-0.2, 0) is 19.2 Å². The first kappa shape index (κ1) is 14.0. The van der Waals surface area contributed by atoms with Crippen LogP contribution in [-0.4, -0.2) is 35.3 Å². The van der Waals surface area contributed by atoms with Gasteiger partial charge in [0.1, 0.15) is 0 Å². The molecule has 0 atom stereocenters. The van der Waals surface area contributed by atoms with Gasteiger partial charge in [-0.1, -0.05) is 0 Å². The molecule has 0 radical (unpaired) electrons. The fraction of sp³-hybridized carbons (Fsp3) is 0.273. The molecule has 0 spiro atoms. The van der Waals surface area contributed by atoms with Gasteiger partial charge in [0.2, 0.25) is 0 Å². The number of carbonyl (C=O) groups excluding carboxylic acids is 4. The van der Waals surface area contributed by atoms with E-state index in [0.717, 1.165) is 4.90 Å². The van der Waals surface area contributed by atoms with Crippen molar-refractivity contribution in [2.24, 2.45) is 0 Å². The number of nitrogens with zero attached hydrogens (tertiary/aromatic N) is 1. The van der Waals surface area contributed by atoms with Gasteiger partial charge in [-0.25, -0.2) is 0 Å². The highest BCUT2D eigenvalue weighted by Crippen LogP contribution is 1.97. The van der Waals surface area contributed by atoms with Crippen LogP contribution in [0.25, 0.3) is 0 Å². The number of rotatable bonds is 2. The minimum absolute atomic E-state index is 0.0970. The van der Waals surface area contributed by atoms with Gasteiger partial charge in [-0.05, 0) is 26.0 Å². The first-order valence-corrected chi connectivity index (χ1v) is 4.53. The monoisotopic (exact) mass is 223 g/mol. The summed E-state index contributed by atoms with van der Waals surface area (Å²) >= 11 is 0. The van der Waals surface area contributed by atoms with Crippen molar-refractivity contribution < 1.29 is 19.2 Å². The lowest BCUT2D eigenvalue weighted by Gasteiger charge is -2.01. The van der Waals surface area contributed by atoms with Crippen molar-refractivity contribution >= 4 is 23.4 Å². The van der Waals surface area contributed by atoms with Crippen molar-refractivity contribution in [3.63, 3.8) is 0 Å². The standard InChI is InChI=1S/C6H8O2.C5H5NO2/c1-5(7)3-4-6(2)8;1-6-4(7)2-3-5(6)8/h3-4H,1-2H3;2-3H,1H3/b4-3-;. The molecule has 5 heteroatoms. The molecule has 1 aliphatic rings. The Hall–Kier alpha value is -2.04. The molecule has 1 aliphatic heterocycles. The van der Waals surface area contributed by atoms with E-state index in [1.165, 1.54) is 45.2 Å². The van der Waals surface area contributed by atoms with Crippen LogP contribution in [0.15, 0.2) is 24.3 Å². The Labute approximate surface area is 93.4 Å². The highest BCUT2D eigenvalue weighted by molar-refractivity contribution is 6.12. The average Bonchev–Trinajstić information content (AvgIpc) is 2.47. The van der Waals surface area contributed by atoms with E-state index in [-0.39, 0.29) is 23.4 Å². The Balaban J connectivity index is 0.000000281. The SMILES string of the molecule is CC(=O)/C=C\C(C)=O.CN1C(=O)C=CC1=O. The summed E-state index contributed by atoms with van der Waals surface area (Å²) in [7, 11) is 1.45. The molecule has 0 fully saturated rings. The number of allylic oxidation sites excluding steroid dienone is 2. The van der Waals surface area contributed by atoms with Gasteiger partial charge in [0.05, 0.1) is 0 Å². The molecule has 0 aromatic carbocycles. The zero-order valence-electron chi connectivity index (χ0n) is 9.39. The second-order valence-corrected chi connectivity index (χ2v) is 3.12. The fourth-order valence-corrected chi connectivity index (χ4v) is 0.709. The minimum atomic E-state index is -0.241. The molecule has 1 heterocycles. The van der Waals surface area contributed by atoms with Gasteiger partial charge >= 0.3 is 0 Å². The van der Waals surface area contributed by atoms with Crippen LogP contribution >= 0.6 is 0 Å². The smallest absolute Gasteiger partial charge is 0.253 e. The first-order valence-electron chi connectivity index (χ1n) is 4.53. The maximum atomic E-state index is 10.4. The lowest BCUT2D eigenvalue weighted by Crippen LogP contribution is -2.24. The molecule has 2 amide bonds. The number of likely N-dealkylation sites (N-methyl/N-ethyl adjacent to an activating group) is 1. The number of imide groups is 1. The van der Waals surface area contributed by atoms with Crippen LogP contribution < -0.4 is 0 Å². The normalized spacial score (nSPS) is 14.1. The number of carbonyl (C=O) groups is 4. The van der Waals surface area contributed by atoms with E-state index >= 15 is 0 Å². The zero-order chi connectivity index (χ0) is 12.7. The average molecular weight is 223 g/mol. The van der Waals surface area contributed by atoms with Gasteiger partial charge < -0.3 is 0 Å². The van der Waals surface area contributed by atoms with Crippen molar-refractivity contribution in [2.45, 2.75) is 13.8 Å². The van der Waals surface area contributed by atoms with E-state index in [2.05, 4.69) is 0 Å². The summed E-state index contributed by atoms with van der Waals surface area (Å²) in [5, 5.41) is 0. The molecule has 5 nitrogen and oxygen atoms in total. The van der Waals surface area contributed by atoms with E-state index < -0.39 is 0 Å². The lowest BCUT2D eigenvalue weighted by atomic mass is 10.3. The van der Waals surface area contributed by atoms with Crippen molar-refractivity contribution in [2.75, 3.05) is 7.05 Å². The number of hydrogen-bond acceptors (Lipinski definition) is 4. The van der Waals surface area contributed by atoms with Crippen molar-refractivity contribution in [1.82, 2.24) is 4.90 Å². The molecule has 16 heavy (non-hydrogen) atoms. The Kier molecular flexibility index (Phi) is 5.62. The van der Waals surface area contributed by atoms with Crippen molar-refractivity contribution in [3.8, 4) is 0 Å². The molecular formula is C11H13NO4. The molecule has 0 aromatic rings. The van der Waals surface area contributed by atoms with Crippen LogP contribution in [0.4, 0.5) is 0 Å². The van der Waals surface area contributed by atoms with E-state index in [1.54, 1.807) is 0 Å². The van der Waals surface area contributed by atoms with Crippen LogP contribution in [0, 0.1) is 0 Å². The quantitative estimate of drug-likeness (QED) is 0.497. The molecule has 0 saturated heterocycles. The second-order valence-electron chi connectivity index (χ2n) is 3.12. The Morgan fingerprint density at radius 1 is 1.00 bits per heavy atom. The Bertz CT molecular complexity index is 345. The van der Waals surface area contributed by atoms with Crippen LogP contribution in [0.5, 0.6) is 0 Å². The summed E-state index contributed by atoms with van der Waals surface area (Å²) in [4.78, 5) is 42.1. The van der Waals surface area contributed by atoms with Crippen LogP contribution in [0.2, 0.25) is 0 Å². The van der Waals surface area contributed by atoms with Crippen molar-refractivity contribution in [1.29, 1.82) is 0 Å². The number of amides is 2. The van der Waals surface area contributed by atoms with Gasteiger partial charge in [0, 0.05) is 19.2 Å². The van der Waals surface area contributed by atoms with Crippen LogP contribution in [0.1, 0.15) is 13.8 Å². The van der Waals surface area contributed by atoms with Gasteiger partial charge in [-0.3, -0.25) is 24.1 Å². The Morgan fingerprint density at radius 2 is 1.31 bits per heavy atom. The molecule has 0 aromatic heterocycles. The molecule has 0 aliphatic carbocycles. The number of hydrogen-bond donors (Lipinski definition) is 0. The van der Waals surface area contributed by atoms with E-state index in [0.29, 0.717) is 0 Å². The predicted molar refractivity (Wildman–Crippen MR) is 57.4 cm³/mol. The van der Waals surface area contributed by atoms with Crippen LogP contribution in [0.3, 0.4) is 0 Å². The summed E-state index contributed by atoms with van der Waals surface area (Å²) in [6.07, 6.45) is 5.01. The first-order chi connectivity index (χ1) is 7.34. The van der Waals surface area contributed by atoms with Gasteiger partial charge in [0.25, 0.3) is 11.8 Å². The molecule has 0 unspecified atom stereocenters. The predicted octanol–water partition coefficient (Wildman–Crippen LogP) is 0.262. The lowest BCUT2D eigenvalue weighted by molar-refractivity contribution is -0.135. The minimum Gasteiger partial charge on any atom is -0.295 e. The molecule has 0 bridgehead atoms. The van der Waals surface area contributed by atoms with Gasteiger partial charge in [-0.15, -0.1) is 0 Å². The molecule has 86 valence electrons. The topological polar surface area (TPSA) is 71.5 Å². The third-order valence-electron chi connectivity index (χ3n) is 1.58. The van der Waals surface area contributed by atoms with E-state index in [9.17, 15) is 19.2 Å². The summed E-state index contributed by atoms with van der Waals surface area (Å²) in [6.45, 7) is 2.80. The summed E-state index contributed by atoms with van der Waals surface area (Å²) in [5.41, 5.74) is 0. The maximum Gasteiger partial charge on any atom is 0.253 e. The van der Waals surface area contributed by atoms with Gasteiger partial charge in [0.15, 0.2) is 11.6 Å². The highest BCUT2D eigenvalue weighted by atomic mass is 16.2. The zero-order valence-corrected chi connectivity index (χ0v) is 9.39. The molecular weight excluding hydrogens is 210 g/mol. The summed E-state index contributed by atoms with van der Waals surface area (Å²) in [5.74, 6) is -0.676. The maximum absolute atomic E-state index is 10.4. The number of ketones is 2. The van der Waals surface area contributed by atoms with Crippen molar-refractivity contribution in [3.05, 3.63) is 24.3 Å². The fourth-order valence-electron chi connectivity index (χ4n) is 0.709. The summed E-state index contributed by atoms with van der Waals surface area (Å²) < 4.78 is 0. The molecule has 0 N–H and O–H groups in total. The molecule has 1 rings (SSSR count). The Morgan fingerprint density at radius 3 is 1.44 bits per heavy atom. The molecule has 0 saturated carbocycles. The largest absolute Gasteiger partial charge is 0.295 e.